The van der Waals surface area contributed by atoms with E-state index in [0.717, 1.165) is 50.0 Å². The number of methoxy groups -OCH3 is 3. The van der Waals surface area contributed by atoms with Crippen molar-refractivity contribution in [1.29, 1.82) is 0 Å². The van der Waals surface area contributed by atoms with Crippen molar-refractivity contribution in [2.24, 2.45) is 5.41 Å². The fourth-order valence-corrected chi connectivity index (χ4v) is 6.31. The van der Waals surface area contributed by atoms with E-state index in [4.69, 9.17) is 14.2 Å². The smallest absolute Gasteiger partial charge is 0.407 e. The molecule has 40 heavy (non-hydrogen) atoms. The Bertz CT molecular complexity index is 1310. The molecule has 218 valence electrons. The molecule has 2 aromatic rings. The topological polar surface area (TPSA) is 114 Å². The Morgan fingerprint density at radius 1 is 0.975 bits per heavy atom. The van der Waals surface area contributed by atoms with Crippen LogP contribution in [0, 0.1) is 5.41 Å². The molecule has 1 atom stereocenters. The molecule has 1 unspecified atom stereocenters. The number of nitrogens with one attached hydrogen (secondary N) is 1. The molecule has 2 amide bonds. The summed E-state index contributed by atoms with van der Waals surface area (Å²) in [7, 11) is 1.26. The zero-order chi connectivity index (χ0) is 28.9. The molecule has 1 spiro atoms. The summed E-state index contributed by atoms with van der Waals surface area (Å²) in [5.74, 6) is 1.40. The van der Waals surface area contributed by atoms with Crippen molar-refractivity contribution in [2.75, 3.05) is 53.8 Å². The van der Waals surface area contributed by atoms with Gasteiger partial charge >= 0.3 is 6.09 Å². The highest BCUT2D eigenvalue weighted by molar-refractivity contribution is 7.90. The first kappa shape index (κ1) is 29.7. The molecule has 2 aromatic carbocycles. The summed E-state index contributed by atoms with van der Waals surface area (Å²) in [5.41, 5.74) is 1.48. The number of piperidine rings is 1. The molecule has 2 heterocycles. The van der Waals surface area contributed by atoms with E-state index in [1.165, 1.54) is 13.4 Å². The summed E-state index contributed by atoms with van der Waals surface area (Å²) in [6.07, 6.45) is 3.77. The molecule has 2 aliphatic rings. The van der Waals surface area contributed by atoms with Gasteiger partial charge in [-0.25, -0.2) is 13.2 Å². The van der Waals surface area contributed by atoms with E-state index in [9.17, 15) is 18.0 Å². The minimum atomic E-state index is -3.25. The Morgan fingerprint density at radius 2 is 1.62 bits per heavy atom. The van der Waals surface area contributed by atoms with Gasteiger partial charge in [0.05, 0.1) is 37.7 Å². The monoisotopic (exact) mass is 573 g/mol. The second kappa shape index (κ2) is 12.5. The quantitative estimate of drug-likeness (QED) is 0.460. The minimum Gasteiger partial charge on any atom is -0.493 e. The number of nitrogens with zero attached hydrogens (tertiary/aromatic N) is 2. The molecule has 0 saturated carbocycles. The summed E-state index contributed by atoms with van der Waals surface area (Å²) >= 11 is 0. The maximum absolute atomic E-state index is 13.5. The first-order chi connectivity index (χ1) is 19.1. The number of hydrogen-bond donors (Lipinski definition) is 1. The zero-order valence-corrected chi connectivity index (χ0v) is 24.5. The van der Waals surface area contributed by atoms with Gasteiger partial charge in [-0.1, -0.05) is 18.2 Å². The van der Waals surface area contributed by atoms with Gasteiger partial charge in [-0.15, -0.1) is 0 Å². The number of ether oxygens (including phenoxy) is 3. The highest BCUT2D eigenvalue weighted by Gasteiger charge is 2.47. The van der Waals surface area contributed by atoms with E-state index in [1.54, 1.807) is 38.5 Å². The summed E-state index contributed by atoms with van der Waals surface area (Å²) in [4.78, 5) is 30.1. The van der Waals surface area contributed by atoms with Crippen molar-refractivity contribution < 1.29 is 32.2 Å². The molecule has 2 aliphatic heterocycles. The van der Waals surface area contributed by atoms with Crippen molar-refractivity contribution in [3.8, 4) is 11.5 Å². The molecular formula is C29H39N3O7S. The van der Waals surface area contributed by atoms with Gasteiger partial charge in [0.2, 0.25) is 5.91 Å². The van der Waals surface area contributed by atoms with Crippen LogP contribution in [-0.2, 0) is 25.9 Å². The van der Waals surface area contributed by atoms with Gasteiger partial charge < -0.3 is 29.3 Å². The predicted octanol–water partition coefficient (Wildman–Crippen LogP) is 3.41. The van der Waals surface area contributed by atoms with Crippen LogP contribution in [0.1, 0.15) is 42.9 Å². The Hall–Kier alpha value is -3.31. The second-order valence-corrected chi connectivity index (χ2v) is 12.6. The number of hydrogen-bond acceptors (Lipinski definition) is 8. The number of rotatable bonds is 10. The normalized spacial score (nSPS) is 18.0. The molecule has 2 saturated heterocycles. The van der Waals surface area contributed by atoms with Crippen molar-refractivity contribution in [2.45, 2.75) is 43.2 Å². The Kier molecular flexibility index (Phi) is 9.25. The van der Waals surface area contributed by atoms with Crippen molar-refractivity contribution in [3.05, 3.63) is 53.6 Å². The fraction of sp³-hybridized carbons (Fsp3) is 0.517. The van der Waals surface area contributed by atoms with Gasteiger partial charge in [-0.2, -0.15) is 0 Å². The summed E-state index contributed by atoms with van der Waals surface area (Å²) in [5, 5.41) is 2.93. The van der Waals surface area contributed by atoms with E-state index >= 15 is 0 Å². The van der Waals surface area contributed by atoms with E-state index < -0.39 is 15.9 Å². The van der Waals surface area contributed by atoms with Gasteiger partial charge in [0.1, 0.15) is 0 Å². The number of carbonyl (C=O) groups is 2. The number of amides is 2. The standard InChI is InChI=1S/C29H39N3O7S/c1-37-25-10-7-22(19-26(25)38-2)24(30-28(34)39-3)11-15-31-16-12-29(13-17-31)14-18-32(27(29)33)20-21-5-8-23(9-6-21)40(4,35)36/h5-10,19,24H,11-18,20H2,1-4H3,(H,30,34). The third-order valence-corrected chi connectivity index (χ3v) is 9.29. The molecule has 0 radical (unpaired) electrons. The Balaban J connectivity index is 1.34. The van der Waals surface area contributed by atoms with E-state index in [0.29, 0.717) is 31.0 Å². The largest absolute Gasteiger partial charge is 0.493 e. The number of likely N-dealkylation sites (tertiary alicyclic amines) is 2. The molecule has 10 nitrogen and oxygen atoms in total. The van der Waals surface area contributed by atoms with Gasteiger partial charge in [0, 0.05) is 25.9 Å². The minimum absolute atomic E-state index is 0.190. The maximum atomic E-state index is 13.5. The van der Waals surface area contributed by atoms with E-state index in [1.807, 2.05) is 23.1 Å². The van der Waals surface area contributed by atoms with E-state index in [2.05, 4.69) is 10.2 Å². The average Bonchev–Trinajstić information content (AvgIpc) is 3.25. The third-order valence-electron chi connectivity index (χ3n) is 8.16. The van der Waals surface area contributed by atoms with Gasteiger partial charge in [-0.05, 0) is 74.2 Å². The van der Waals surface area contributed by atoms with Gasteiger partial charge in [-0.3, -0.25) is 4.79 Å². The fourth-order valence-electron chi connectivity index (χ4n) is 5.68. The Morgan fingerprint density at radius 3 is 2.23 bits per heavy atom. The lowest BCUT2D eigenvalue weighted by Crippen LogP contribution is -2.45. The molecule has 0 aliphatic carbocycles. The van der Waals surface area contributed by atoms with Crippen molar-refractivity contribution in [3.63, 3.8) is 0 Å². The molecule has 2 fully saturated rings. The number of carbonyl (C=O) groups excluding carboxylic acids is 2. The average molecular weight is 574 g/mol. The van der Waals surface area contributed by atoms with Crippen LogP contribution < -0.4 is 14.8 Å². The van der Waals surface area contributed by atoms with Crippen LogP contribution in [0.25, 0.3) is 0 Å². The summed E-state index contributed by atoms with van der Waals surface area (Å²) < 4.78 is 39.1. The Labute approximate surface area is 236 Å². The van der Waals surface area contributed by atoms with Crippen LogP contribution in [0.4, 0.5) is 4.79 Å². The lowest BCUT2D eigenvalue weighted by Gasteiger charge is -2.38. The van der Waals surface area contributed by atoms with Crippen molar-refractivity contribution >= 4 is 21.8 Å². The number of alkyl carbamates (subject to hydrolysis) is 1. The van der Waals surface area contributed by atoms with Crippen LogP contribution in [0.15, 0.2) is 47.4 Å². The first-order valence-corrected chi connectivity index (χ1v) is 15.3. The molecule has 11 heteroatoms. The predicted molar refractivity (Wildman–Crippen MR) is 150 cm³/mol. The van der Waals surface area contributed by atoms with Crippen LogP contribution in [0.2, 0.25) is 0 Å². The number of benzene rings is 2. The van der Waals surface area contributed by atoms with Gasteiger partial charge in [0.15, 0.2) is 21.3 Å². The van der Waals surface area contributed by atoms with E-state index in [-0.39, 0.29) is 22.3 Å². The lowest BCUT2D eigenvalue weighted by atomic mass is 9.77. The molecule has 1 N–H and O–H groups in total. The molecule has 0 aromatic heterocycles. The zero-order valence-electron chi connectivity index (χ0n) is 23.6. The van der Waals surface area contributed by atoms with Gasteiger partial charge in [0.25, 0.3) is 0 Å². The first-order valence-electron chi connectivity index (χ1n) is 13.5. The molecule has 4 rings (SSSR count). The molecule has 0 bridgehead atoms. The van der Waals surface area contributed by atoms with Crippen molar-refractivity contribution in [1.82, 2.24) is 15.1 Å². The maximum Gasteiger partial charge on any atom is 0.407 e. The van der Waals surface area contributed by atoms with Crippen LogP contribution in [-0.4, -0.2) is 84.0 Å². The van der Waals surface area contributed by atoms with Crippen LogP contribution >= 0.6 is 0 Å². The lowest BCUT2D eigenvalue weighted by molar-refractivity contribution is -0.138. The number of sulfone groups is 1. The van der Waals surface area contributed by atoms with Crippen LogP contribution in [0.3, 0.4) is 0 Å². The summed E-state index contributed by atoms with van der Waals surface area (Å²) in [6, 6.07) is 12.1. The third kappa shape index (κ3) is 6.69. The summed E-state index contributed by atoms with van der Waals surface area (Å²) in [6.45, 7) is 3.56. The highest BCUT2D eigenvalue weighted by atomic mass is 32.2. The highest BCUT2D eigenvalue weighted by Crippen LogP contribution is 2.42. The SMILES string of the molecule is COC(=O)NC(CCN1CCC2(CC1)CCN(Cc1ccc(S(C)(=O)=O)cc1)C2=O)c1ccc(OC)c(OC)c1. The molecular weight excluding hydrogens is 534 g/mol. The second-order valence-electron chi connectivity index (χ2n) is 10.6. The van der Waals surface area contributed by atoms with Crippen LogP contribution in [0.5, 0.6) is 11.5 Å².